The highest BCUT2D eigenvalue weighted by atomic mass is 19.1. The average Bonchev–Trinajstić information content (AvgIpc) is 2.92. The van der Waals surface area contributed by atoms with E-state index < -0.39 is 18.1 Å². The summed E-state index contributed by atoms with van der Waals surface area (Å²) >= 11 is 0. The van der Waals surface area contributed by atoms with Crippen LogP contribution in [0.4, 0.5) is 4.39 Å². The molecule has 0 unspecified atom stereocenters. The second-order valence-electron chi connectivity index (χ2n) is 9.93. The zero-order valence-electron chi connectivity index (χ0n) is 22.5. The van der Waals surface area contributed by atoms with E-state index in [0.717, 1.165) is 25.0 Å². The van der Waals surface area contributed by atoms with Crippen molar-refractivity contribution in [3.63, 3.8) is 0 Å². The number of rotatable bonds is 16. The van der Waals surface area contributed by atoms with Crippen molar-refractivity contribution in [2.75, 3.05) is 19.8 Å². The summed E-state index contributed by atoms with van der Waals surface area (Å²) in [5.41, 5.74) is 0.434. The number of ether oxygens (including phenoxy) is 4. The fourth-order valence-corrected chi connectivity index (χ4v) is 4.44. The van der Waals surface area contributed by atoms with Crippen LogP contribution in [-0.4, -0.2) is 25.8 Å². The molecule has 1 saturated heterocycles. The summed E-state index contributed by atoms with van der Waals surface area (Å²) in [6, 6.07) is 11.2. The molecule has 0 saturated carbocycles. The Morgan fingerprint density at radius 1 is 0.838 bits per heavy atom. The summed E-state index contributed by atoms with van der Waals surface area (Å²) in [5.74, 6) is 0.294. The van der Waals surface area contributed by atoms with Crippen LogP contribution in [0.15, 0.2) is 42.5 Å². The molecule has 0 radical (unpaired) electrons. The third kappa shape index (κ3) is 10.1. The van der Waals surface area contributed by atoms with Crippen LogP contribution < -0.4 is 9.47 Å². The second-order valence-corrected chi connectivity index (χ2v) is 9.93. The van der Waals surface area contributed by atoms with Gasteiger partial charge in [-0.15, -0.1) is 0 Å². The predicted octanol–water partition coefficient (Wildman–Crippen LogP) is 8.42. The van der Waals surface area contributed by atoms with Gasteiger partial charge in [0.15, 0.2) is 6.29 Å². The van der Waals surface area contributed by atoms with E-state index >= 15 is 0 Å². The highest BCUT2D eigenvalue weighted by Crippen LogP contribution is 2.30. The minimum absolute atomic E-state index is 0.134. The molecule has 0 aromatic heterocycles. The van der Waals surface area contributed by atoms with Gasteiger partial charge in [-0.05, 0) is 49.2 Å². The van der Waals surface area contributed by atoms with Gasteiger partial charge in [-0.2, -0.15) is 0 Å². The molecule has 1 aliphatic rings. The maximum atomic E-state index is 14.8. The molecule has 5 nitrogen and oxygen atoms in total. The van der Waals surface area contributed by atoms with Crippen LogP contribution in [0.3, 0.4) is 0 Å². The van der Waals surface area contributed by atoms with Gasteiger partial charge in [0.25, 0.3) is 0 Å². The highest BCUT2D eigenvalue weighted by molar-refractivity contribution is 5.91. The van der Waals surface area contributed by atoms with E-state index in [1.165, 1.54) is 57.4 Å². The number of halogens is 1. The van der Waals surface area contributed by atoms with Gasteiger partial charge in [0, 0.05) is 11.5 Å². The summed E-state index contributed by atoms with van der Waals surface area (Å²) in [6.07, 6.45) is 12.4. The van der Waals surface area contributed by atoms with Crippen molar-refractivity contribution in [1.29, 1.82) is 0 Å². The summed E-state index contributed by atoms with van der Waals surface area (Å²) < 4.78 is 37.6. The minimum atomic E-state index is -0.749. The van der Waals surface area contributed by atoms with Gasteiger partial charge in [0.1, 0.15) is 17.3 Å². The third-order valence-corrected chi connectivity index (χ3v) is 6.72. The molecule has 2 aromatic carbocycles. The van der Waals surface area contributed by atoms with Gasteiger partial charge < -0.3 is 18.9 Å². The Kier molecular flexibility index (Phi) is 12.9. The number of unbranched alkanes of at least 4 members (excludes halogenated alkanes) is 8. The maximum absolute atomic E-state index is 14.8. The first-order chi connectivity index (χ1) is 18.1. The van der Waals surface area contributed by atoms with Crippen LogP contribution in [-0.2, 0) is 9.47 Å². The largest absolute Gasteiger partial charge is 0.494 e. The first kappa shape index (κ1) is 29.1. The van der Waals surface area contributed by atoms with E-state index in [4.69, 9.17) is 18.9 Å². The van der Waals surface area contributed by atoms with E-state index in [1.807, 2.05) is 0 Å². The van der Waals surface area contributed by atoms with Crippen LogP contribution in [0.1, 0.15) is 107 Å². The molecule has 1 aliphatic heterocycles. The molecule has 2 aromatic rings. The molecular weight excluding hydrogens is 471 g/mol. The standard InChI is InChI=1S/C31H43FO5/c1-3-5-7-9-11-13-24-22-35-31(36-23-24)28-19-14-25(21-29(28)32)30(33)37-27-17-15-26(16-18-27)34-20-12-10-8-6-4-2/h14-19,21,24,31H,3-13,20,22-23H2,1-2H3. The Morgan fingerprint density at radius 2 is 1.46 bits per heavy atom. The summed E-state index contributed by atoms with van der Waals surface area (Å²) in [7, 11) is 0. The predicted molar refractivity (Wildman–Crippen MR) is 144 cm³/mol. The fourth-order valence-electron chi connectivity index (χ4n) is 4.44. The molecule has 0 bridgehead atoms. The monoisotopic (exact) mass is 514 g/mol. The number of esters is 1. The molecular formula is C31H43FO5. The molecule has 0 aliphatic carbocycles. The van der Waals surface area contributed by atoms with E-state index in [2.05, 4.69) is 13.8 Å². The topological polar surface area (TPSA) is 54.0 Å². The molecule has 0 amide bonds. The van der Waals surface area contributed by atoms with Crippen LogP contribution in [0.2, 0.25) is 0 Å². The number of hydrogen-bond acceptors (Lipinski definition) is 5. The van der Waals surface area contributed by atoms with Gasteiger partial charge in [-0.1, -0.05) is 77.7 Å². The van der Waals surface area contributed by atoms with Gasteiger partial charge in [0.2, 0.25) is 0 Å². The SMILES string of the molecule is CCCCCCCOc1ccc(OC(=O)c2ccc(C3OCC(CCCCCCC)CO3)c(F)c2)cc1. The average molecular weight is 515 g/mol. The lowest BCUT2D eigenvalue weighted by Gasteiger charge is -2.30. The Hall–Kier alpha value is -2.44. The van der Waals surface area contributed by atoms with Gasteiger partial charge in [0.05, 0.1) is 25.4 Å². The molecule has 0 N–H and O–H groups in total. The lowest BCUT2D eigenvalue weighted by Crippen LogP contribution is -2.27. The number of carbonyl (C=O) groups excluding carboxylic acids is 1. The zero-order valence-corrected chi connectivity index (χ0v) is 22.5. The van der Waals surface area contributed by atoms with Crippen molar-refractivity contribution < 1.29 is 28.1 Å². The lowest BCUT2D eigenvalue weighted by molar-refractivity contribution is -0.207. The van der Waals surface area contributed by atoms with E-state index in [0.29, 0.717) is 37.1 Å². The highest BCUT2D eigenvalue weighted by Gasteiger charge is 2.26. The first-order valence-corrected chi connectivity index (χ1v) is 14.1. The molecule has 3 rings (SSSR count). The van der Waals surface area contributed by atoms with E-state index in [9.17, 15) is 9.18 Å². The number of hydrogen-bond donors (Lipinski definition) is 0. The molecule has 204 valence electrons. The van der Waals surface area contributed by atoms with Crippen LogP contribution >= 0.6 is 0 Å². The first-order valence-electron chi connectivity index (χ1n) is 14.1. The molecule has 37 heavy (non-hydrogen) atoms. The van der Waals surface area contributed by atoms with Gasteiger partial charge >= 0.3 is 5.97 Å². The molecule has 0 spiro atoms. The molecule has 1 fully saturated rings. The van der Waals surface area contributed by atoms with Crippen molar-refractivity contribution in [2.24, 2.45) is 5.92 Å². The number of benzene rings is 2. The van der Waals surface area contributed by atoms with Crippen molar-refractivity contribution in [3.8, 4) is 11.5 Å². The summed E-state index contributed by atoms with van der Waals surface area (Å²) in [5, 5.41) is 0. The quantitative estimate of drug-likeness (QED) is 0.128. The van der Waals surface area contributed by atoms with Gasteiger partial charge in [-0.3, -0.25) is 0 Å². The van der Waals surface area contributed by atoms with Crippen LogP contribution in [0.5, 0.6) is 11.5 Å². The summed E-state index contributed by atoms with van der Waals surface area (Å²) in [4.78, 5) is 12.6. The van der Waals surface area contributed by atoms with Crippen LogP contribution in [0, 0.1) is 11.7 Å². The summed E-state index contributed by atoms with van der Waals surface area (Å²) in [6.45, 7) is 6.19. The normalized spacial score (nSPS) is 17.5. The third-order valence-electron chi connectivity index (χ3n) is 6.72. The molecule has 0 atom stereocenters. The van der Waals surface area contributed by atoms with Gasteiger partial charge in [-0.25, -0.2) is 9.18 Å². The Morgan fingerprint density at radius 3 is 2.11 bits per heavy atom. The van der Waals surface area contributed by atoms with E-state index in [1.54, 1.807) is 36.4 Å². The maximum Gasteiger partial charge on any atom is 0.343 e. The van der Waals surface area contributed by atoms with Crippen LogP contribution in [0.25, 0.3) is 0 Å². The zero-order chi connectivity index (χ0) is 26.3. The van der Waals surface area contributed by atoms with Crippen molar-refractivity contribution in [3.05, 3.63) is 59.4 Å². The molecule has 6 heteroatoms. The number of carbonyl (C=O) groups is 1. The smallest absolute Gasteiger partial charge is 0.343 e. The lowest BCUT2D eigenvalue weighted by atomic mass is 10.0. The van der Waals surface area contributed by atoms with Crippen molar-refractivity contribution in [2.45, 2.75) is 90.8 Å². The van der Waals surface area contributed by atoms with Crippen molar-refractivity contribution in [1.82, 2.24) is 0 Å². The minimum Gasteiger partial charge on any atom is -0.494 e. The van der Waals surface area contributed by atoms with Crippen molar-refractivity contribution >= 4 is 5.97 Å². The Balaban J connectivity index is 1.42. The Bertz CT molecular complexity index is 922. The van der Waals surface area contributed by atoms with E-state index in [-0.39, 0.29) is 5.56 Å². The fraction of sp³-hybridized carbons (Fsp3) is 0.581. The Labute approximate surface area is 221 Å². The second kappa shape index (κ2) is 16.4. The molecule has 1 heterocycles.